The van der Waals surface area contributed by atoms with E-state index in [0.29, 0.717) is 22.6 Å². The number of fused-ring (bicyclic) bond motifs is 2. The summed E-state index contributed by atoms with van der Waals surface area (Å²) in [7, 11) is 0. The van der Waals surface area contributed by atoms with Crippen molar-refractivity contribution in [3.63, 3.8) is 0 Å². The van der Waals surface area contributed by atoms with Crippen molar-refractivity contribution in [2.45, 2.75) is 12.8 Å². The van der Waals surface area contributed by atoms with Crippen LogP contribution in [0.1, 0.15) is 21.5 Å². The van der Waals surface area contributed by atoms with Gasteiger partial charge in [-0.2, -0.15) is 0 Å². The van der Waals surface area contributed by atoms with Crippen LogP contribution in [0.5, 0.6) is 11.5 Å². The number of carboxylic acid groups (broad SMARTS) is 1. The van der Waals surface area contributed by atoms with Gasteiger partial charge in [0.2, 0.25) is 0 Å². The summed E-state index contributed by atoms with van der Waals surface area (Å²) in [5.41, 5.74) is 1.84. The Bertz CT molecular complexity index is 703. The Morgan fingerprint density at radius 1 is 1.15 bits per heavy atom. The SMILES string of the molecule is O=C(O)Cc1cccc2c1Oc1ccccc1C(=O)C2. The van der Waals surface area contributed by atoms with Crippen molar-refractivity contribution in [2.24, 2.45) is 0 Å². The van der Waals surface area contributed by atoms with Crippen molar-refractivity contribution in [1.29, 1.82) is 0 Å². The number of carboxylic acids is 1. The number of rotatable bonds is 2. The second-order valence-electron chi connectivity index (χ2n) is 4.67. The van der Waals surface area contributed by atoms with Gasteiger partial charge in [0.1, 0.15) is 11.5 Å². The highest BCUT2D eigenvalue weighted by atomic mass is 16.5. The van der Waals surface area contributed by atoms with Crippen LogP contribution < -0.4 is 4.74 Å². The molecule has 20 heavy (non-hydrogen) atoms. The van der Waals surface area contributed by atoms with Crippen LogP contribution in [-0.4, -0.2) is 16.9 Å². The lowest BCUT2D eigenvalue weighted by Gasteiger charge is -2.12. The minimum atomic E-state index is -0.925. The van der Waals surface area contributed by atoms with Crippen molar-refractivity contribution in [1.82, 2.24) is 0 Å². The molecular formula is C16H12O4. The average molecular weight is 268 g/mol. The maximum atomic E-state index is 12.2. The molecule has 0 fully saturated rings. The summed E-state index contributed by atoms with van der Waals surface area (Å²) in [5, 5.41) is 8.96. The van der Waals surface area contributed by atoms with Gasteiger partial charge in [-0.25, -0.2) is 0 Å². The van der Waals surface area contributed by atoms with Gasteiger partial charge in [0.05, 0.1) is 12.0 Å². The number of aliphatic carboxylic acids is 1. The molecule has 100 valence electrons. The van der Waals surface area contributed by atoms with Gasteiger partial charge in [0.15, 0.2) is 5.78 Å². The number of ether oxygens (including phenoxy) is 1. The minimum Gasteiger partial charge on any atom is -0.481 e. The summed E-state index contributed by atoms with van der Waals surface area (Å²) < 4.78 is 5.82. The van der Waals surface area contributed by atoms with Crippen molar-refractivity contribution in [3.05, 3.63) is 59.2 Å². The Labute approximate surface area is 115 Å². The van der Waals surface area contributed by atoms with Crippen LogP contribution >= 0.6 is 0 Å². The summed E-state index contributed by atoms with van der Waals surface area (Å²) in [6, 6.07) is 12.3. The van der Waals surface area contributed by atoms with E-state index in [1.807, 2.05) is 0 Å². The van der Waals surface area contributed by atoms with Gasteiger partial charge in [-0.15, -0.1) is 0 Å². The van der Waals surface area contributed by atoms with E-state index in [2.05, 4.69) is 0 Å². The van der Waals surface area contributed by atoms with Gasteiger partial charge in [-0.05, 0) is 12.1 Å². The number of Topliss-reactive ketones (excluding diaryl/α,β-unsaturated/α-hetero) is 1. The Morgan fingerprint density at radius 2 is 1.95 bits per heavy atom. The first kappa shape index (κ1) is 12.4. The van der Waals surface area contributed by atoms with E-state index in [-0.39, 0.29) is 18.6 Å². The monoisotopic (exact) mass is 268 g/mol. The normalized spacial score (nSPS) is 12.9. The molecule has 0 aliphatic carbocycles. The third-order valence-corrected chi connectivity index (χ3v) is 3.27. The maximum absolute atomic E-state index is 12.2. The van der Waals surface area contributed by atoms with Crippen LogP contribution in [0.3, 0.4) is 0 Å². The highest BCUT2D eigenvalue weighted by molar-refractivity contribution is 6.01. The van der Waals surface area contributed by atoms with Gasteiger partial charge in [-0.1, -0.05) is 30.3 Å². The fourth-order valence-corrected chi connectivity index (χ4v) is 2.37. The highest BCUT2D eigenvalue weighted by Gasteiger charge is 2.23. The Morgan fingerprint density at radius 3 is 2.75 bits per heavy atom. The van der Waals surface area contributed by atoms with E-state index in [1.165, 1.54) is 0 Å². The van der Waals surface area contributed by atoms with Crippen LogP contribution in [0.25, 0.3) is 0 Å². The molecule has 0 aromatic heterocycles. The zero-order valence-corrected chi connectivity index (χ0v) is 10.6. The molecule has 2 aromatic carbocycles. The van der Waals surface area contributed by atoms with Gasteiger partial charge in [-0.3, -0.25) is 9.59 Å². The molecule has 0 amide bonds. The summed E-state index contributed by atoms with van der Waals surface area (Å²) in [5.74, 6) is 0.0278. The lowest BCUT2D eigenvalue weighted by Crippen LogP contribution is -2.04. The molecule has 1 heterocycles. The predicted octanol–water partition coefficient (Wildman–Crippen LogP) is 2.84. The summed E-state index contributed by atoms with van der Waals surface area (Å²) in [6.07, 6.45) is 0.0966. The zero-order chi connectivity index (χ0) is 14.1. The van der Waals surface area contributed by atoms with Crippen LogP contribution in [0.4, 0.5) is 0 Å². The molecule has 2 aromatic rings. The van der Waals surface area contributed by atoms with E-state index in [4.69, 9.17) is 9.84 Å². The molecule has 0 radical (unpaired) electrons. The lowest BCUT2D eigenvalue weighted by molar-refractivity contribution is -0.136. The quantitative estimate of drug-likeness (QED) is 0.909. The van der Waals surface area contributed by atoms with Crippen molar-refractivity contribution in [2.75, 3.05) is 0 Å². The van der Waals surface area contributed by atoms with E-state index >= 15 is 0 Å². The van der Waals surface area contributed by atoms with Gasteiger partial charge in [0, 0.05) is 17.5 Å². The predicted molar refractivity (Wildman–Crippen MR) is 72.3 cm³/mol. The first-order valence-corrected chi connectivity index (χ1v) is 6.28. The number of carbonyl (C=O) groups excluding carboxylic acids is 1. The number of benzene rings is 2. The van der Waals surface area contributed by atoms with Gasteiger partial charge in [0.25, 0.3) is 0 Å². The van der Waals surface area contributed by atoms with Gasteiger partial charge >= 0.3 is 5.97 Å². The molecular weight excluding hydrogens is 256 g/mol. The number of carbonyl (C=O) groups is 2. The van der Waals surface area contributed by atoms with E-state index in [0.717, 1.165) is 5.56 Å². The zero-order valence-electron chi connectivity index (χ0n) is 10.6. The van der Waals surface area contributed by atoms with Crippen molar-refractivity contribution >= 4 is 11.8 Å². The molecule has 0 atom stereocenters. The van der Waals surface area contributed by atoms with E-state index in [1.54, 1.807) is 42.5 Å². The number of hydrogen-bond donors (Lipinski definition) is 1. The summed E-state index contributed by atoms with van der Waals surface area (Å²) in [4.78, 5) is 23.1. The Balaban J connectivity index is 2.13. The minimum absolute atomic E-state index is 0.0215. The van der Waals surface area contributed by atoms with Crippen LogP contribution in [0.15, 0.2) is 42.5 Å². The van der Waals surface area contributed by atoms with Gasteiger partial charge < -0.3 is 9.84 Å². The molecule has 1 aliphatic rings. The topological polar surface area (TPSA) is 63.6 Å². The molecule has 0 bridgehead atoms. The molecule has 0 saturated carbocycles. The first-order valence-electron chi connectivity index (χ1n) is 6.28. The third kappa shape index (κ3) is 2.16. The molecule has 3 rings (SSSR count). The molecule has 1 aliphatic heterocycles. The first-order chi connectivity index (χ1) is 9.65. The number of hydrogen-bond acceptors (Lipinski definition) is 3. The van der Waals surface area contributed by atoms with Crippen molar-refractivity contribution in [3.8, 4) is 11.5 Å². The van der Waals surface area contributed by atoms with Crippen LogP contribution in [0, 0.1) is 0 Å². The Kier molecular flexibility index (Phi) is 2.99. The lowest BCUT2D eigenvalue weighted by atomic mass is 10.0. The van der Waals surface area contributed by atoms with Crippen LogP contribution in [-0.2, 0) is 17.6 Å². The Hall–Kier alpha value is -2.62. The van der Waals surface area contributed by atoms with E-state index in [9.17, 15) is 9.59 Å². The van der Waals surface area contributed by atoms with Crippen molar-refractivity contribution < 1.29 is 19.4 Å². The largest absolute Gasteiger partial charge is 0.481 e. The molecule has 0 saturated heterocycles. The summed E-state index contributed by atoms with van der Waals surface area (Å²) in [6.45, 7) is 0. The highest BCUT2D eigenvalue weighted by Crippen LogP contribution is 2.36. The molecule has 0 unspecified atom stereocenters. The van der Waals surface area contributed by atoms with E-state index < -0.39 is 5.97 Å². The second-order valence-corrected chi connectivity index (χ2v) is 4.67. The number of ketones is 1. The van der Waals surface area contributed by atoms with Crippen LogP contribution in [0.2, 0.25) is 0 Å². The number of para-hydroxylation sites is 2. The third-order valence-electron chi connectivity index (χ3n) is 3.27. The fourth-order valence-electron chi connectivity index (χ4n) is 2.37. The second kappa shape index (κ2) is 4.81. The summed E-state index contributed by atoms with van der Waals surface area (Å²) >= 11 is 0. The molecule has 4 nitrogen and oxygen atoms in total. The standard InChI is InChI=1S/C16H12O4/c17-13-8-10-4-3-5-11(9-15(18)19)16(10)20-14-7-2-1-6-12(13)14/h1-7H,8-9H2,(H,18,19). The molecule has 1 N–H and O–H groups in total. The maximum Gasteiger partial charge on any atom is 0.307 e. The molecule has 4 heteroatoms. The fraction of sp³-hybridized carbons (Fsp3) is 0.125. The smallest absolute Gasteiger partial charge is 0.307 e. The molecule has 0 spiro atoms. The average Bonchev–Trinajstić information content (AvgIpc) is 2.56.